The number of anilines is 1. The van der Waals surface area contributed by atoms with Gasteiger partial charge in [-0.15, -0.1) is 11.3 Å². The summed E-state index contributed by atoms with van der Waals surface area (Å²) >= 11 is 4.73. The minimum Gasteiger partial charge on any atom is -0.477 e. The molecule has 1 aromatic carbocycles. The molecule has 18 heavy (non-hydrogen) atoms. The van der Waals surface area contributed by atoms with E-state index in [1.165, 1.54) is 16.9 Å². The van der Waals surface area contributed by atoms with E-state index < -0.39 is 5.97 Å². The summed E-state index contributed by atoms with van der Waals surface area (Å²) in [6, 6.07) is 11.6. The molecule has 1 aromatic heterocycles. The van der Waals surface area contributed by atoms with Crippen LogP contribution in [0.15, 0.2) is 40.9 Å². The number of carbonyl (C=O) groups is 1. The predicted molar refractivity (Wildman–Crippen MR) is 77.5 cm³/mol. The zero-order chi connectivity index (χ0) is 13.1. The first-order chi connectivity index (χ1) is 8.56. The Morgan fingerprint density at radius 3 is 2.78 bits per heavy atom. The molecule has 0 bridgehead atoms. The number of nitrogens with zero attached hydrogens (tertiary/aromatic N) is 1. The van der Waals surface area contributed by atoms with Gasteiger partial charge in [0.05, 0.1) is 5.00 Å². The molecule has 0 saturated heterocycles. The van der Waals surface area contributed by atoms with Gasteiger partial charge in [-0.25, -0.2) is 4.79 Å². The van der Waals surface area contributed by atoms with Gasteiger partial charge >= 0.3 is 5.97 Å². The van der Waals surface area contributed by atoms with Crippen molar-refractivity contribution in [2.75, 3.05) is 11.9 Å². The van der Waals surface area contributed by atoms with Crippen LogP contribution in [0.3, 0.4) is 0 Å². The number of carboxylic acid groups (broad SMARTS) is 1. The highest BCUT2D eigenvalue weighted by Crippen LogP contribution is 2.26. The van der Waals surface area contributed by atoms with Crippen LogP contribution >= 0.6 is 27.3 Å². The van der Waals surface area contributed by atoms with Crippen LogP contribution in [-0.4, -0.2) is 18.1 Å². The van der Waals surface area contributed by atoms with Crippen molar-refractivity contribution in [2.45, 2.75) is 6.54 Å². The van der Waals surface area contributed by atoms with E-state index in [1.54, 1.807) is 6.07 Å². The van der Waals surface area contributed by atoms with Crippen LogP contribution in [0.4, 0.5) is 5.00 Å². The van der Waals surface area contributed by atoms with Gasteiger partial charge in [0.25, 0.3) is 0 Å². The van der Waals surface area contributed by atoms with E-state index in [0.29, 0.717) is 4.88 Å². The Kier molecular flexibility index (Phi) is 4.04. The Balaban J connectivity index is 2.11. The van der Waals surface area contributed by atoms with Gasteiger partial charge in [-0.3, -0.25) is 0 Å². The van der Waals surface area contributed by atoms with Crippen molar-refractivity contribution < 1.29 is 9.90 Å². The molecular weight excluding hydrogens is 314 g/mol. The molecule has 0 fully saturated rings. The standard InChI is InChI=1S/C13H12BrNO2S/c1-15(8-9-3-2-4-10(14)7-9)12-6-5-11(18-12)13(16)17/h2-7H,8H2,1H3,(H,16,17). The number of thiophene rings is 1. The molecule has 0 amide bonds. The Morgan fingerprint density at radius 2 is 2.17 bits per heavy atom. The summed E-state index contributed by atoms with van der Waals surface area (Å²) in [5, 5.41) is 9.84. The molecule has 1 N–H and O–H groups in total. The zero-order valence-electron chi connectivity index (χ0n) is 9.76. The van der Waals surface area contributed by atoms with Crippen molar-refractivity contribution >= 4 is 38.2 Å². The second-order valence-corrected chi connectivity index (χ2v) is 5.91. The molecule has 0 atom stereocenters. The first kappa shape index (κ1) is 13.1. The van der Waals surface area contributed by atoms with Crippen molar-refractivity contribution in [2.24, 2.45) is 0 Å². The molecule has 0 aliphatic heterocycles. The fourth-order valence-electron chi connectivity index (χ4n) is 1.63. The summed E-state index contributed by atoms with van der Waals surface area (Å²) in [6.07, 6.45) is 0. The van der Waals surface area contributed by atoms with Gasteiger partial charge in [-0.2, -0.15) is 0 Å². The van der Waals surface area contributed by atoms with Crippen LogP contribution in [0.5, 0.6) is 0 Å². The quantitative estimate of drug-likeness (QED) is 0.928. The number of hydrogen-bond acceptors (Lipinski definition) is 3. The molecule has 2 rings (SSSR count). The molecular formula is C13H12BrNO2S. The second-order valence-electron chi connectivity index (χ2n) is 3.93. The molecule has 3 nitrogen and oxygen atoms in total. The number of benzene rings is 1. The number of aromatic carboxylic acids is 1. The summed E-state index contributed by atoms with van der Waals surface area (Å²) < 4.78 is 1.05. The van der Waals surface area contributed by atoms with Gasteiger partial charge in [0.15, 0.2) is 0 Å². The third kappa shape index (κ3) is 3.11. The van der Waals surface area contributed by atoms with E-state index >= 15 is 0 Å². The number of carboxylic acids is 1. The largest absolute Gasteiger partial charge is 0.477 e. The van der Waals surface area contributed by atoms with Gasteiger partial charge < -0.3 is 10.0 Å². The highest BCUT2D eigenvalue weighted by atomic mass is 79.9. The lowest BCUT2D eigenvalue weighted by molar-refractivity contribution is 0.0702. The van der Waals surface area contributed by atoms with Crippen LogP contribution in [0, 0.1) is 0 Å². The van der Waals surface area contributed by atoms with E-state index in [0.717, 1.165) is 16.0 Å². The van der Waals surface area contributed by atoms with Crippen molar-refractivity contribution in [3.05, 3.63) is 51.3 Å². The van der Waals surface area contributed by atoms with Gasteiger partial charge in [0.1, 0.15) is 4.88 Å². The fraction of sp³-hybridized carbons (Fsp3) is 0.154. The maximum Gasteiger partial charge on any atom is 0.345 e. The van der Waals surface area contributed by atoms with Crippen LogP contribution in [0.2, 0.25) is 0 Å². The average Bonchev–Trinajstić information content (AvgIpc) is 2.78. The Bertz CT molecular complexity index is 568. The van der Waals surface area contributed by atoms with Crippen LogP contribution in [0.1, 0.15) is 15.2 Å². The maximum absolute atomic E-state index is 10.8. The third-order valence-electron chi connectivity index (χ3n) is 2.49. The molecule has 2 aromatic rings. The summed E-state index contributed by atoms with van der Waals surface area (Å²) in [4.78, 5) is 13.2. The SMILES string of the molecule is CN(Cc1cccc(Br)c1)c1ccc(C(=O)O)s1. The molecule has 0 aliphatic carbocycles. The highest BCUT2D eigenvalue weighted by Gasteiger charge is 2.10. The van der Waals surface area contributed by atoms with Gasteiger partial charge in [-0.1, -0.05) is 28.1 Å². The third-order valence-corrected chi connectivity index (χ3v) is 4.17. The fourth-order valence-corrected chi connectivity index (χ4v) is 2.89. The molecule has 94 valence electrons. The monoisotopic (exact) mass is 325 g/mol. The van der Waals surface area contributed by atoms with Crippen LogP contribution in [0.25, 0.3) is 0 Å². The van der Waals surface area contributed by atoms with Crippen molar-refractivity contribution in [3.8, 4) is 0 Å². The molecule has 1 heterocycles. The van der Waals surface area contributed by atoms with Crippen LogP contribution in [-0.2, 0) is 6.54 Å². The molecule has 0 aliphatic rings. The van der Waals surface area contributed by atoms with E-state index in [4.69, 9.17) is 5.11 Å². The minimum absolute atomic E-state index is 0.367. The van der Waals surface area contributed by atoms with Crippen molar-refractivity contribution in [1.82, 2.24) is 0 Å². The van der Waals surface area contributed by atoms with E-state index in [2.05, 4.69) is 22.0 Å². The van der Waals surface area contributed by atoms with Crippen LogP contribution < -0.4 is 4.90 Å². The van der Waals surface area contributed by atoms with Gasteiger partial charge in [0, 0.05) is 18.1 Å². The Labute approximate surface area is 118 Å². The molecule has 0 saturated carbocycles. The van der Waals surface area contributed by atoms with Gasteiger partial charge in [0.2, 0.25) is 0 Å². The first-order valence-electron chi connectivity index (χ1n) is 5.35. The van der Waals surface area contributed by atoms with E-state index in [-0.39, 0.29) is 0 Å². The Morgan fingerprint density at radius 1 is 1.39 bits per heavy atom. The summed E-state index contributed by atoms with van der Waals surface area (Å²) in [7, 11) is 1.96. The second kappa shape index (κ2) is 5.54. The lowest BCUT2D eigenvalue weighted by Gasteiger charge is -2.17. The average molecular weight is 326 g/mol. The zero-order valence-corrected chi connectivity index (χ0v) is 12.2. The highest BCUT2D eigenvalue weighted by molar-refractivity contribution is 9.10. The number of halogens is 1. The van der Waals surface area contributed by atoms with Crippen molar-refractivity contribution in [1.29, 1.82) is 0 Å². The van der Waals surface area contributed by atoms with E-state index in [9.17, 15) is 4.79 Å². The van der Waals surface area contributed by atoms with Crippen molar-refractivity contribution in [3.63, 3.8) is 0 Å². The summed E-state index contributed by atoms with van der Waals surface area (Å²) in [5.41, 5.74) is 1.18. The summed E-state index contributed by atoms with van der Waals surface area (Å²) in [5.74, 6) is -0.873. The smallest absolute Gasteiger partial charge is 0.345 e. The maximum atomic E-state index is 10.8. The lowest BCUT2D eigenvalue weighted by atomic mass is 10.2. The minimum atomic E-state index is -0.873. The molecule has 0 spiro atoms. The number of rotatable bonds is 4. The van der Waals surface area contributed by atoms with Gasteiger partial charge in [-0.05, 0) is 29.8 Å². The first-order valence-corrected chi connectivity index (χ1v) is 6.96. The number of hydrogen-bond donors (Lipinski definition) is 1. The molecule has 0 unspecified atom stereocenters. The molecule has 0 radical (unpaired) electrons. The Hall–Kier alpha value is -1.33. The summed E-state index contributed by atoms with van der Waals surface area (Å²) in [6.45, 7) is 0.749. The molecule has 5 heteroatoms. The predicted octanol–water partition coefficient (Wildman–Crippen LogP) is 3.85. The normalized spacial score (nSPS) is 10.3. The lowest BCUT2D eigenvalue weighted by Crippen LogP contribution is -2.14. The topological polar surface area (TPSA) is 40.5 Å². The van der Waals surface area contributed by atoms with E-state index in [1.807, 2.05) is 36.2 Å².